The first-order valence-corrected chi connectivity index (χ1v) is 9.63. The largest absolute Gasteiger partial charge is 0.440 e. The Hall–Kier alpha value is -2.53. The molecule has 1 saturated heterocycles. The van der Waals surface area contributed by atoms with Gasteiger partial charge in [0.1, 0.15) is 11.4 Å². The van der Waals surface area contributed by atoms with Crippen LogP contribution in [0.1, 0.15) is 23.8 Å². The van der Waals surface area contributed by atoms with Crippen molar-refractivity contribution >= 4 is 39.9 Å². The van der Waals surface area contributed by atoms with Gasteiger partial charge < -0.3 is 14.2 Å². The molecule has 1 fully saturated rings. The van der Waals surface area contributed by atoms with Gasteiger partial charge in [-0.3, -0.25) is 0 Å². The van der Waals surface area contributed by atoms with Gasteiger partial charge in [-0.25, -0.2) is 9.98 Å². The van der Waals surface area contributed by atoms with E-state index in [9.17, 15) is 0 Å². The maximum atomic E-state index is 6.06. The van der Waals surface area contributed by atoms with E-state index in [1.165, 1.54) is 11.3 Å². The van der Waals surface area contributed by atoms with Crippen LogP contribution in [-0.2, 0) is 6.42 Å². The Balaban J connectivity index is 1.37. The van der Waals surface area contributed by atoms with E-state index in [-0.39, 0.29) is 0 Å². The Morgan fingerprint density at radius 2 is 2.07 bits per heavy atom. The van der Waals surface area contributed by atoms with Crippen LogP contribution in [0.3, 0.4) is 0 Å². The molecule has 2 aliphatic rings. The average molecular weight is 381 g/mol. The van der Waals surface area contributed by atoms with E-state index in [2.05, 4.69) is 33.0 Å². The molecule has 0 aliphatic carbocycles. The van der Waals surface area contributed by atoms with E-state index in [4.69, 9.17) is 21.0 Å². The second-order valence-electron chi connectivity index (χ2n) is 7.51. The number of hydrogen-bond acceptors (Lipinski definition) is 5. The highest BCUT2D eigenvalue weighted by molar-refractivity contribution is 6.31. The van der Waals surface area contributed by atoms with Gasteiger partial charge in [-0.05, 0) is 36.2 Å². The molecule has 0 spiro atoms. The molecular weight excluding hydrogens is 360 g/mol. The summed E-state index contributed by atoms with van der Waals surface area (Å²) in [5.41, 5.74) is 5.25. The summed E-state index contributed by atoms with van der Waals surface area (Å²) >= 11 is 6.06. The van der Waals surface area contributed by atoms with Gasteiger partial charge in [0, 0.05) is 50.4 Å². The topological polar surface area (TPSA) is 44.9 Å². The zero-order valence-corrected chi connectivity index (χ0v) is 16.2. The van der Waals surface area contributed by atoms with Gasteiger partial charge in [0.15, 0.2) is 11.5 Å². The minimum atomic E-state index is 0.297. The fraction of sp³-hybridized carbons (Fsp3) is 0.333. The molecule has 2 aliphatic heterocycles. The first-order valence-electron chi connectivity index (χ1n) is 9.25. The van der Waals surface area contributed by atoms with Gasteiger partial charge in [-0.1, -0.05) is 17.7 Å². The number of aromatic nitrogens is 1. The lowest BCUT2D eigenvalue weighted by molar-refractivity contribution is 0.487. The van der Waals surface area contributed by atoms with Crippen LogP contribution in [-0.4, -0.2) is 42.9 Å². The zero-order chi connectivity index (χ0) is 18.5. The third kappa shape index (κ3) is 2.96. The lowest BCUT2D eigenvalue weighted by Gasteiger charge is -2.18. The Bertz CT molecular complexity index is 1060. The third-order valence-corrected chi connectivity index (χ3v) is 5.69. The number of amidine groups is 1. The Kier molecular flexibility index (Phi) is 3.86. The smallest absolute Gasteiger partial charge is 0.200 e. The van der Waals surface area contributed by atoms with E-state index < -0.39 is 0 Å². The molecule has 0 amide bonds. The summed E-state index contributed by atoms with van der Waals surface area (Å²) in [5, 5.41) is 0.675. The molecule has 0 saturated carbocycles. The van der Waals surface area contributed by atoms with Gasteiger partial charge in [-0.2, -0.15) is 0 Å². The van der Waals surface area contributed by atoms with Crippen molar-refractivity contribution in [3.63, 3.8) is 0 Å². The first-order chi connectivity index (χ1) is 13.1. The normalized spacial score (nSPS) is 18.9. The van der Waals surface area contributed by atoms with E-state index in [1.807, 2.05) is 32.3 Å². The fourth-order valence-electron chi connectivity index (χ4n) is 3.90. The molecule has 1 atom stereocenters. The number of hydrogen-bond donors (Lipinski definition) is 0. The highest BCUT2D eigenvalue weighted by atomic mass is 35.5. The highest BCUT2D eigenvalue weighted by Crippen LogP contribution is 2.36. The average Bonchev–Trinajstić information content (AvgIpc) is 3.37. The summed E-state index contributed by atoms with van der Waals surface area (Å²) in [5.74, 6) is 2.22. The van der Waals surface area contributed by atoms with E-state index in [1.54, 1.807) is 0 Å². The number of nitrogens with zero attached hydrogens (tertiary/aromatic N) is 4. The minimum Gasteiger partial charge on any atom is -0.440 e. The van der Waals surface area contributed by atoms with Crippen LogP contribution in [0.15, 0.2) is 45.8 Å². The molecule has 0 N–H and O–H groups in total. The summed E-state index contributed by atoms with van der Waals surface area (Å²) in [6.45, 7) is 1.90. The summed E-state index contributed by atoms with van der Waals surface area (Å²) in [6, 6.07) is 12.2. The number of aliphatic imine (C=N–C) groups is 1. The number of likely N-dealkylation sites (N-methyl/N-ethyl adjacent to an activating group) is 1. The van der Waals surface area contributed by atoms with Crippen LogP contribution in [0.5, 0.6) is 0 Å². The first kappa shape index (κ1) is 16.6. The molecule has 138 valence electrons. The molecule has 3 aromatic rings. The molecule has 1 aromatic heterocycles. The third-order valence-electron chi connectivity index (χ3n) is 5.45. The van der Waals surface area contributed by atoms with Crippen molar-refractivity contribution in [1.82, 2.24) is 9.88 Å². The molecule has 1 unspecified atom stereocenters. The van der Waals surface area contributed by atoms with E-state index >= 15 is 0 Å². The van der Waals surface area contributed by atoms with Gasteiger partial charge in [0.25, 0.3) is 0 Å². The minimum absolute atomic E-state index is 0.297. The van der Waals surface area contributed by atoms with Crippen LogP contribution >= 0.6 is 11.6 Å². The summed E-state index contributed by atoms with van der Waals surface area (Å²) in [6.07, 6.45) is 1.94. The molecule has 6 heteroatoms. The van der Waals surface area contributed by atoms with Crippen LogP contribution in [0.2, 0.25) is 5.02 Å². The standard InChI is InChI=1S/C21H21ClN4O/c1-25(2)20-9-13-3-5-16(11-18(13)23-20)26-8-7-14(12-26)21-24-17-6-4-15(22)10-19(17)27-21/h3-6,10-11,14H,7-9,12H2,1-2H3. The van der Waals surface area contributed by atoms with Gasteiger partial charge in [0.2, 0.25) is 0 Å². The van der Waals surface area contributed by atoms with Crippen molar-refractivity contribution in [1.29, 1.82) is 0 Å². The molecule has 2 aromatic carbocycles. The number of fused-ring (bicyclic) bond motifs is 2. The van der Waals surface area contributed by atoms with Crippen molar-refractivity contribution in [2.24, 2.45) is 4.99 Å². The van der Waals surface area contributed by atoms with Crippen LogP contribution in [0.25, 0.3) is 11.1 Å². The summed E-state index contributed by atoms with van der Waals surface area (Å²) < 4.78 is 5.98. The zero-order valence-electron chi connectivity index (χ0n) is 15.4. The predicted octanol–water partition coefficient (Wildman–Crippen LogP) is 4.62. The van der Waals surface area contributed by atoms with Crippen molar-refractivity contribution < 1.29 is 4.42 Å². The molecule has 0 bridgehead atoms. The maximum absolute atomic E-state index is 6.06. The van der Waals surface area contributed by atoms with Crippen molar-refractivity contribution in [2.75, 3.05) is 32.1 Å². The fourth-order valence-corrected chi connectivity index (χ4v) is 4.06. The van der Waals surface area contributed by atoms with Gasteiger partial charge >= 0.3 is 0 Å². The lowest BCUT2D eigenvalue weighted by Crippen LogP contribution is -2.21. The van der Waals surface area contributed by atoms with Crippen molar-refractivity contribution in [3.05, 3.63) is 52.9 Å². The number of anilines is 1. The molecule has 3 heterocycles. The Labute approximate surface area is 163 Å². The van der Waals surface area contributed by atoms with Crippen LogP contribution in [0.4, 0.5) is 11.4 Å². The molecular formula is C21H21ClN4O. The predicted molar refractivity (Wildman–Crippen MR) is 110 cm³/mol. The maximum Gasteiger partial charge on any atom is 0.200 e. The monoisotopic (exact) mass is 380 g/mol. The van der Waals surface area contributed by atoms with Crippen LogP contribution < -0.4 is 4.90 Å². The number of oxazole rings is 1. The second-order valence-corrected chi connectivity index (χ2v) is 7.94. The van der Waals surface area contributed by atoms with Crippen LogP contribution in [0, 0.1) is 0 Å². The molecule has 5 rings (SSSR count). The molecule has 0 radical (unpaired) electrons. The lowest BCUT2D eigenvalue weighted by atomic mass is 10.1. The van der Waals surface area contributed by atoms with Gasteiger partial charge in [-0.15, -0.1) is 0 Å². The highest BCUT2D eigenvalue weighted by Gasteiger charge is 2.29. The van der Waals surface area contributed by atoms with E-state index in [0.717, 1.165) is 54.4 Å². The second kappa shape index (κ2) is 6.27. The van der Waals surface area contributed by atoms with Gasteiger partial charge in [0.05, 0.1) is 11.6 Å². The number of halogens is 1. The van der Waals surface area contributed by atoms with Crippen molar-refractivity contribution in [3.8, 4) is 0 Å². The summed E-state index contributed by atoms with van der Waals surface area (Å²) in [4.78, 5) is 13.9. The number of rotatable bonds is 2. The molecule has 5 nitrogen and oxygen atoms in total. The van der Waals surface area contributed by atoms with E-state index in [0.29, 0.717) is 10.9 Å². The Morgan fingerprint density at radius 3 is 2.93 bits per heavy atom. The number of benzene rings is 2. The SMILES string of the molecule is CN(C)C1=Nc2cc(N3CCC(c4nc5ccc(Cl)cc5o4)C3)ccc2C1. The summed E-state index contributed by atoms with van der Waals surface area (Å²) in [7, 11) is 4.09. The van der Waals surface area contributed by atoms with Crippen molar-refractivity contribution in [2.45, 2.75) is 18.8 Å². The molecule has 27 heavy (non-hydrogen) atoms. The Morgan fingerprint density at radius 1 is 1.19 bits per heavy atom. The quantitative estimate of drug-likeness (QED) is 0.650.